The van der Waals surface area contributed by atoms with Crippen LogP contribution in [-0.4, -0.2) is 23.5 Å². The molecule has 0 spiro atoms. The van der Waals surface area contributed by atoms with Gasteiger partial charge in [-0.2, -0.15) is 0 Å². The van der Waals surface area contributed by atoms with Crippen LogP contribution >= 0.6 is 0 Å². The summed E-state index contributed by atoms with van der Waals surface area (Å²) >= 11 is 0. The van der Waals surface area contributed by atoms with Crippen LogP contribution in [0.5, 0.6) is 0 Å². The second-order valence-corrected chi connectivity index (χ2v) is 3.22. The number of nitrogens with one attached hydrogen (secondary N) is 1. The van der Waals surface area contributed by atoms with Gasteiger partial charge in [-0.15, -0.1) is 6.42 Å². The van der Waals surface area contributed by atoms with E-state index in [2.05, 4.69) is 11.2 Å². The van der Waals surface area contributed by atoms with Crippen LogP contribution in [0.25, 0.3) is 0 Å². The minimum absolute atomic E-state index is 0.0751. The van der Waals surface area contributed by atoms with Crippen LogP contribution in [-0.2, 0) is 9.59 Å². The molecule has 1 atom stereocenters. The summed E-state index contributed by atoms with van der Waals surface area (Å²) in [4.78, 5) is 21.1. The number of carboxylic acids is 1. The van der Waals surface area contributed by atoms with E-state index in [1.54, 1.807) is 0 Å². The maximum atomic E-state index is 10.9. The number of hydrogen-bond acceptors (Lipinski definition) is 2. The zero-order chi connectivity index (χ0) is 11.0. The van der Waals surface area contributed by atoms with Gasteiger partial charge in [-0.05, 0) is 12.3 Å². The van der Waals surface area contributed by atoms with Gasteiger partial charge >= 0.3 is 5.97 Å². The number of rotatable bonds is 6. The lowest BCUT2D eigenvalue weighted by atomic mass is 10.1. The standard InChI is InChI=1S/C10H15NO3/c1-3-4-9(12)11-7-8(2)5-6-10(13)14/h1,8H,4-7H2,2H3,(H,11,12)(H,13,14). The number of amides is 1. The minimum atomic E-state index is -0.813. The van der Waals surface area contributed by atoms with E-state index in [1.165, 1.54) is 0 Å². The van der Waals surface area contributed by atoms with Crippen LogP contribution in [0.3, 0.4) is 0 Å². The highest BCUT2D eigenvalue weighted by atomic mass is 16.4. The lowest BCUT2D eigenvalue weighted by Crippen LogP contribution is -2.27. The summed E-state index contributed by atoms with van der Waals surface area (Å²) in [5, 5.41) is 11.0. The highest BCUT2D eigenvalue weighted by Gasteiger charge is 2.06. The fourth-order valence-corrected chi connectivity index (χ4v) is 0.915. The summed E-state index contributed by atoms with van der Waals surface area (Å²) < 4.78 is 0. The fourth-order valence-electron chi connectivity index (χ4n) is 0.915. The van der Waals surface area contributed by atoms with Gasteiger partial charge in [0.15, 0.2) is 0 Å². The van der Waals surface area contributed by atoms with Crippen molar-refractivity contribution in [3.05, 3.63) is 0 Å². The molecule has 0 radical (unpaired) electrons. The Morgan fingerprint density at radius 1 is 1.57 bits per heavy atom. The van der Waals surface area contributed by atoms with Crippen LogP contribution in [0.15, 0.2) is 0 Å². The van der Waals surface area contributed by atoms with E-state index in [0.717, 1.165) is 0 Å². The molecule has 0 saturated carbocycles. The zero-order valence-corrected chi connectivity index (χ0v) is 8.25. The summed E-state index contributed by atoms with van der Waals surface area (Å²) in [5.41, 5.74) is 0. The summed E-state index contributed by atoms with van der Waals surface area (Å²) in [6.07, 6.45) is 5.71. The molecule has 0 aromatic heterocycles. The monoisotopic (exact) mass is 197 g/mol. The van der Waals surface area contributed by atoms with Gasteiger partial charge in [0.1, 0.15) is 0 Å². The molecular weight excluding hydrogens is 182 g/mol. The molecule has 0 aliphatic rings. The van der Waals surface area contributed by atoms with E-state index in [-0.39, 0.29) is 24.7 Å². The Kier molecular flexibility index (Phi) is 6.21. The number of carboxylic acid groups (broad SMARTS) is 1. The second kappa shape index (κ2) is 6.96. The third kappa shape index (κ3) is 7.17. The van der Waals surface area contributed by atoms with E-state index in [4.69, 9.17) is 11.5 Å². The molecule has 0 aliphatic carbocycles. The largest absolute Gasteiger partial charge is 0.481 e. The van der Waals surface area contributed by atoms with Crippen LogP contribution in [0, 0.1) is 18.3 Å². The molecule has 1 amide bonds. The van der Waals surface area contributed by atoms with Crippen LogP contribution in [0.1, 0.15) is 26.2 Å². The molecule has 14 heavy (non-hydrogen) atoms. The van der Waals surface area contributed by atoms with E-state index >= 15 is 0 Å². The average molecular weight is 197 g/mol. The Morgan fingerprint density at radius 2 is 2.21 bits per heavy atom. The van der Waals surface area contributed by atoms with Crippen molar-refractivity contribution in [2.75, 3.05) is 6.54 Å². The maximum absolute atomic E-state index is 10.9. The number of hydrogen-bond donors (Lipinski definition) is 2. The van der Waals surface area contributed by atoms with Crippen molar-refractivity contribution in [1.82, 2.24) is 5.32 Å². The SMILES string of the molecule is C#CCC(=O)NCC(C)CCC(=O)O. The third-order valence-corrected chi connectivity index (χ3v) is 1.76. The molecular formula is C10H15NO3. The first kappa shape index (κ1) is 12.5. The molecule has 0 saturated heterocycles. The molecule has 0 aromatic carbocycles. The van der Waals surface area contributed by atoms with Crippen molar-refractivity contribution in [2.45, 2.75) is 26.2 Å². The van der Waals surface area contributed by atoms with Crippen molar-refractivity contribution in [3.8, 4) is 12.3 Å². The van der Waals surface area contributed by atoms with Gasteiger partial charge in [0.25, 0.3) is 0 Å². The minimum Gasteiger partial charge on any atom is -0.481 e. The average Bonchev–Trinajstić information content (AvgIpc) is 2.12. The van der Waals surface area contributed by atoms with Crippen molar-refractivity contribution >= 4 is 11.9 Å². The molecule has 0 heterocycles. The smallest absolute Gasteiger partial charge is 0.303 e. The number of carbonyl (C=O) groups excluding carboxylic acids is 1. The molecule has 0 aromatic rings. The van der Waals surface area contributed by atoms with Gasteiger partial charge in [-0.3, -0.25) is 9.59 Å². The molecule has 0 fully saturated rings. The summed E-state index contributed by atoms with van der Waals surface area (Å²) in [7, 11) is 0. The van der Waals surface area contributed by atoms with E-state index < -0.39 is 5.97 Å². The number of carbonyl (C=O) groups is 2. The van der Waals surface area contributed by atoms with Crippen molar-refractivity contribution in [2.24, 2.45) is 5.92 Å². The predicted octanol–water partition coefficient (Wildman–Crippen LogP) is 0.627. The molecule has 1 unspecified atom stereocenters. The molecule has 0 aliphatic heterocycles. The van der Waals surface area contributed by atoms with Gasteiger partial charge in [0, 0.05) is 13.0 Å². The Labute approximate surface area is 83.7 Å². The van der Waals surface area contributed by atoms with Crippen LogP contribution < -0.4 is 5.32 Å². The summed E-state index contributed by atoms with van der Waals surface area (Å²) in [6, 6.07) is 0. The first-order chi connectivity index (χ1) is 6.56. The lowest BCUT2D eigenvalue weighted by molar-refractivity contribution is -0.137. The number of terminal acetylenes is 1. The van der Waals surface area contributed by atoms with Crippen molar-refractivity contribution in [1.29, 1.82) is 0 Å². The Hall–Kier alpha value is -1.50. The molecule has 4 nitrogen and oxygen atoms in total. The van der Waals surface area contributed by atoms with E-state index in [1.807, 2.05) is 6.92 Å². The first-order valence-corrected chi connectivity index (χ1v) is 4.48. The summed E-state index contributed by atoms with van der Waals surface area (Å²) in [5.74, 6) is 1.40. The first-order valence-electron chi connectivity index (χ1n) is 4.48. The molecule has 0 bridgehead atoms. The molecule has 78 valence electrons. The normalized spacial score (nSPS) is 11.4. The van der Waals surface area contributed by atoms with Gasteiger partial charge < -0.3 is 10.4 Å². The quantitative estimate of drug-likeness (QED) is 0.614. The van der Waals surface area contributed by atoms with Gasteiger partial charge in [-0.25, -0.2) is 0 Å². The fraction of sp³-hybridized carbons (Fsp3) is 0.600. The zero-order valence-electron chi connectivity index (χ0n) is 8.25. The van der Waals surface area contributed by atoms with Crippen LogP contribution in [0.4, 0.5) is 0 Å². The Balaban J connectivity index is 3.54. The molecule has 2 N–H and O–H groups in total. The topological polar surface area (TPSA) is 66.4 Å². The van der Waals surface area contributed by atoms with Crippen molar-refractivity contribution in [3.63, 3.8) is 0 Å². The number of aliphatic carboxylic acids is 1. The van der Waals surface area contributed by atoms with Crippen molar-refractivity contribution < 1.29 is 14.7 Å². The third-order valence-electron chi connectivity index (χ3n) is 1.76. The van der Waals surface area contributed by atoms with Gasteiger partial charge in [-0.1, -0.05) is 12.8 Å². The lowest BCUT2D eigenvalue weighted by Gasteiger charge is -2.10. The molecule has 4 heteroatoms. The molecule has 0 rings (SSSR count). The highest BCUT2D eigenvalue weighted by molar-refractivity contribution is 5.78. The predicted molar refractivity (Wildman–Crippen MR) is 52.5 cm³/mol. The summed E-state index contributed by atoms with van der Waals surface area (Å²) in [6.45, 7) is 2.37. The van der Waals surface area contributed by atoms with Crippen LogP contribution in [0.2, 0.25) is 0 Å². The maximum Gasteiger partial charge on any atom is 0.303 e. The van der Waals surface area contributed by atoms with Gasteiger partial charge in [0.05, 0.1) is 6.42 Å². The van der Waals surface area contributed by atoms with E-state index in [0.29, 0.717) is 13.0 Å². The van der Waals surface area contributed by atoms with E-state index in [9.17, 15) is 9.59 Å². The Bertz CT molecular complexity index is 242. The Morgan fingerprint density at radius 3 is 2.71 bits per heavy atom. The highest BCUT2D eigenvalue weighted by Crippen LogP contribution is 2.03. The second-order valence-electron chi connectivity index (χ2n) is 3.22. The van der Waals surface area contributed by atoms with Gasteiger partial charge in [0.2, 0.25) is 5.91 Å².